The molecule has 11 nitrogen and oxygen atoms in total. The Bertz CT molecular complexity index is 1390. The van der Waals surface area contributed by atoms with E-state index in [9.17, 15) is 19.2 Å². The van der Waals surface area contributed by atoms with E-state index in [-0.39, 0.29) is 22.9 Å². The maximum absolute atomic E-state index is 13.5. The Labute approximate surface area is 246 Å². The molecule has 0 radical (unpaired) electrons. The quantitative estimate of drug-likeness (QED) is 0.340. The van der Waals surface area contributed by atoms with Crippen molar-refractivity contribution >= 4 is 23.5 Å². The molecule has 0 spiro atoms. The van der Waals surface area contributed by atoms with Crippen molar-refractivity contribution in [2.45, 2.75) is 65.1 Å². The minimum absolute atomic E-state index is 0.143. The highest BCUT2D eigenvalue weighted by molar-refractivity contribution is 5.89. The predicted octanol–water partition coefficient (Wildman–Crippen LogP) is 3.37. The normalized spacial score (nSPS) is 15.2. The highest BCUT2D eigenvalue weighted by Gasteiger charge is 2.30. The van der Waals surface area contributed by atoms with Gasteiger partial charge in [0.15, 0.2) is 11.5 Å². The Balaban J connectivity index is 2.11. The summed E-state index contributed by atoms with van der Waals surface area (Å²) in [5, 5.41) is 8.69. The molecular formula is C31H41N3O8. The third kappa shape index (κ3) is 7.13. The number of hydrogen-bond donors (Lipinski definition) is 3. The molecule has 3 rings (SSSR count). The van der Waals surface area contributed by atoms with E-state index >= 15 is 0 Å². The largest absolute Gasteiger partial charge is 0.493 e. The zero-order chi connectivity index (χ0) is 31.1. The smallest absolute Gasteiger partial charge is 0.328 e. The first-order chi connectivity index (χ1) is 19.9. The third-order valence-electron chi connectivity index (χ3n) is 7.19. The van der Waals surface area contributed by atoms with Crippen LogP contribution in [0.5, 0.6) is 17.2 Å². The molecule has 2 aromatic carbocycles. The lowest BCUT2D eigenvalue weighted by Crippen LogP contribution is -2.48. The molecule has 1 aliphatic carbocycles. The summed E-state index contributed by atoms with van der Waals surface area (Å²) in [6.07, 6.45) is 1.50. The number of ether oxygens (including phenoxy) is 4. The topological polar surface area (TPSA) is 141 Å². The molecule has 0 aliphatic heterocycles. The number of hydrogen-bond acceptors (Lipinski definition) is 9. The number of anilines is 1. The fourth-order valence-electron chi connectivity index (χ4n) is 5.25. The summed E-state index contributed by atoms with van der Waals surface area (Å²) >= 11 is 0. The van der Waals surface area contributed by atoms with Crippen molar-refractivity contribution in [1.82, 2.24) is 10.6 Å². The molecule has 42 heavy (non-hydrogen) atoms. The Morgan fingerprint density at radius 1 is 0.976 bits per heavy atom. The summed E-state index contributed by atoms with van der Waals surface area (Å²) in [5.74, 6) is 0.263. The molecule has 0 saturated carbocycles. The number of fused-ring (bicyclic) bond motifs is 3. The van der Waals surface area contributed by atoms with Crippen molar-refractivity contribution in [3.8, 4) is 28.4 Å². The van der Waals surface area contributed by atoms with Crippen LogP contribution in [0, 0.1) is 5.92 Å². The molecule has 0 heterocycles. The van der Waals surface area contributed by atoms with Crippen molar-refractivity contribution in [2.24, 2.45) is 5.92 Å². The third-order valence-corrected chi connectivity index (χ3v) is 7.19. The molecule has 228 valence electrons. The first-order valence-electron chi connectivity index (χ1n) is 13.9. The molecule has 0 unspecified atom stereocenters. The lowest BCUT2D eigenvalue weighted by Gasteiger charge is -2.21. The Kier molecular flexibility index (Phi) is 10.8. The molecule has 0 saturated heterocycles. The van der Waals surface area contributed by atoms with Crippen LogP contribution >= 0.6 is 0 Å². The van der Waals surface area contributed by atoms with Gasteiger partial charge >= 0.3 is 5.97 Å². The average molecular weight is 584 g/mol. The summed E-state index contributed by atoms with van der Waals surface area (Å²) in [4.78, 5) is 51.0. The molecule has 0 aromatic heterocycles. The standard InChI is InChI=1S/C31H41N3O8/c1-16(2)13-24(31(38)42-8)34-30(37)17(3)32-23-12-10-20-21(15-25(23)36)22(33-18(4)35)11-9-19-14-26(39-5)28(40-6)29(41-7)27(19)20/h10,12,14-17,22,24H,9,11,13H2,1-8H3,(H,32,36)(H,33,35)(H,34,37)/t17-,22-,24-/m0/s1. The predicted molar refractivity (Wildman–Crippen MR) is 159 cm³/mol. The van der Waals surface area contributed by atoms with Gasteiger partial charge in [-0.15, -0.1) is 0 Å². The molecule has 3 atom stereocenters. The lowest BCUT2D eigenvalue weighted by atomic mass is 9.95. The van der Waals surface area contributed by atoms with Crippen LogP contribution in [0.1, 0.15) is 57.7 Å². The summed E-state index contributed by atoms with van der Waals surface area (Å²) < 4.78 is 21.8. The van der Waals surface area contributed by atoms with Crippen molar-refractivity contribution in [1.29, 1.82) is 0 Å². The first kappa shape index (κ1) is 32.2. The van der Waals surface area contributed by atoms with Crippen molar-refractivity contribution < 1.29 is 33.3 Å². The number of carbonyl (C=O) groups is 3. The van der Waals surface area contributed by atoms with E-state index in [0.717, 1.165) is 11.1 Å². The van der Waals surface area contributed by atoms with E-state index in [4.69, 9.17) is 18.9 Å². The number of rotatable bonds is 11. The van der Waals surface area contributed by atoms with E-state index in [0.29, 0.717) is 47.6 Å². The van der Waals surface area contributed by atoms with E-state index in [1.165, 1.54) is 34.3 Å². The number of carbonyl (C=O) groups excluding carboxylic acids is 3. The SMILES string of the molecule is COC(=O)[C@H](CC(C)C)NC(=O)[C@H](C)Nc1ccc2c(cc1=O)[C@@H](NC(C)=O)CCc1cc(OC)c(OC)c(OC)c1-2. The van der Waals surface area contributed by atoms with Gasteiger partial charge in [0.25, 0.3) is 0 Å². The van der Waals surface area contributed by atoms with Crippen molar-refractivity contribution in [3.05, 3.63) is 45.6 Å². The monoisotopic (exact) mass is 583 g/mol. The van der Waals surface area contributed by atoms with Crippen LogP contribution in [-0.2, 0) is 25.5 Å². The Morgan fingerprint density at radius 2 is 1.67 bits per heavy atom. The summed E-state index contributed by atoms with van der Waals surface area (Å²) in [6.45, 7) is 6.91. The van der Waals surface area contributed by atoms with Crippen LogP contribution < -0.4 is 35.6 Å². The minimum Gasteiger partial charge on any atom is -0.493 e. The second-order valence-corrected chi connectivity index (χ2v) is 10.7. The van der Waals surface area contributed by atoms with E-state index in [2.05, 4.69) is 16.0 Å². The zero-order valence-electron chi connectivity index (χ0n) is 25.5. The molecule has 0 bridgehead atoms. The molecule has 2 amide bonds. The van der Waals surface area contributed by atoms with Gasteiger partial charge in [0.1, 0.15) is 12.1 Å². The highest BCUT2D eigenvalue weighted by Crippen LogP contribution is 2.50. The van der Waals surface area contributed by atoms with Gasteiger partial charge < -0.3 is 34.9 Å². The van der Waals surface area contributed by atoms with Crippen LogP contribution in [0.2, 0.25) is 0 Å². The number of amides is 2. The highest BCUT2D eigenvalue weighted by atomic mass is 16.5. The molecule has 2 aromatic rings. The number of nitrogens with one attached hydrogen (secondary N) is 3. The van der Waals surface area contributed by atoms with E-state index in [1.54, 1.807) is 26.2 Å². The molecule has 0 fully saturated rings. The van der Waals surface area contributed by atoms with Crippen molar-refractivity contribution in [2.75, 3.05) is 33.8 Å². The number of esters is 1. The maximum Gasteiger partial charge on any atom is 0.328 e. The van der Waals surface area contributed by atoms with Crippen LogP contribution in [0.3, 0.4) is 0 Å². The number of benzene rings is 1. The fourth-order valence-corrected chi connectivity index (χ4v) is 5.25. The van der Waals surface area contributed by atoms with Gasteiger partial charge in [-0.25, -0.2) is 4.79 Å². The van der Waals surface area contributed by atoms with Crippen LogP contribution in [-0.4, -0.2) is 58.3 Å². The van der Waals surface area contributed by atoms with E-state index < -0.39 is 30.0 Å². The second kappa shape index (κ2) is 14.1. The van der Waals surface area contributed by atoms with Gasteiger partial charge in [-0.2, -0.15) is 0 Å². The molecule has 3 N–H and O–H groups in total. The number of methoxy groups -OCH3 is 4. The number of aryl methyl sites for hydroxylation is 1. The lowest BCUT2D eigenvalue weighted by molar-refractivity contribution is -0.145. The van der Waals surface area contributed by atoms with Crippen LogP contribution in [0.4, 0.5) is 5.69 Å². The van der Waals surface area contributed by atoms with Gasteiger partial charge in [0, 0.05) is 12.5 Å². The Morgan fingerprint density at radius 3 is 2.24 bits per heavy atom. The Hall–Kier alpha value is -4.28. The molecule has 1 aliphatic rings. The van der Waals surface area contributed by atoms with E-state index in [1.807, 2.05) is 19.9 Å². The molecular weight excluding hydrogens is 542 g/mol. The summed E-state index contributed by atoms with van der Waals surface area (Å²) in [6, 6.07) is 4.61. The second-order valence-electron chi connectivity index (χ2n) is 10.7. The average Bonchev–Trinajstić information content (AvgIpc) is 3.19. The zero-order valence-corrected chi connectivity index (χ0v) is 25.5. The van der Waals surface area contributed by atoms with Gasteiger partial charge in [0.05, 0.1) is 40.2 Å². The van der Waals surface area contributed by atoms with Crippen LogP contribution in [0.15, 0.2) is 29.1 Å². The van der Waals surface area contributed by atoms with Gasteiger partial charge in [-0.05, 0) is 67.0 Å². The summed E-state index contributed by atoms with van der Waals surface area (Å²) in [5.41, 5.74) is 2.70. The summed E-state index contributed by atoms with van der Waals surface area (Å²) in [7, 11) is 5.87. The van der Waals surface area contributed by atoms with Gasteiger partial charge in [-0.3, -0.25) is 14.4 Å². The molecule has 11 heteroatoms. The maximum atomic E-state index is 13.5. The first-order valence-corrected chi connectivity index (χ1v) is 13.9. The fraction of sp³-hybridized carbons (Fsp3) is 0.484. The van der Waals surface area contributed by atoms with Gasteiger partial charge in [-0.1, -0.05) is 19.9 Å². The van der Waals surface area contributed by atoms with Gasteiger partial charge in [0.2, 0.25) is 23.0 Å². The van der Waals surface area contributed by atoms with Crippen LogP contribution in [0.25, 0.3) is 11.1 Å². The minimum atomic E-state index is -0.850. The van der Waals surface area contributed by atoms with Crippen molar-refractivity contribution in [3.63, 3.8) is 0 Å².